The van der Waals surface area contributed by atoms with Gasteiger partial charge in [-0.25, -0.2) is 0 Å². The molecule has 34 heavy (non-hydrogen) atoms. The average molecular weight is 468 g/mol. The second kappa shape index (κ2) is 13.1. The van der Waals surface area contributed by atoms with Crippen molar-refractivity contribution in [3.05, 3.63) is 114 Å². The molecular formula is C28H28F3NO2. The third-order valence-electron chi connectivity index (χ3n) is 4.97. The van der Waals surface area contributed by atoms with Crippen molar-refractivity contribution in [3.8, 4) is 11.1 Å². The number of halogens is 3. The van der Waals surface area contributed by atoms with Crippen LogP contribution in [0.5, 0.6) is 0 Å². The van der Waals surface area contributed by atoms with Gasteiger partial charge in [0.1, 0.15) is 12.0 Å². The van der Waals surface area contributed by atoms with Crippen LogP contribution in [0.4, 0.5) is 13.2 Å². The van der Waals surface area contributed by atoms with Crippen LogP contribution in [0.2, 0.25) is 0 Å². The van der Waals surface area contributed by atoms with Gasteiger partial charge in [-0.05, 0) is 61.6 Å². The van der Waals surface area contributed by atoms with Gasteiger partial charge in [0.15, 0.2) is 0 Å². The van der Waals surface area contributed by atoms with Gasteiger partial charge in [-0.2, -0.15) is 13.2 Å². The molecule has 0 radical (unpaired) electrons. The van der Waals surface area contributed by atoms with Crippen LogP contribution in [-0.4, -0.2) is 11.3 Å². The Kier molecular flexibility index (Phi) is 10.3. The zero-order valence-corrected chi connectivity index (χ0v) is 19.3. The molecule has 0 amide bonds. The van der Waals surface area contributed by atoms with Crippen LogP contribution < -0.4 is 0 Å². The minimum atomic E-state index is -4.22. The lowest BCUT2D eigenvalue weighted by molar-refractivity contribution is -0.137. The van der Waals surface area contributed by atoms with Gasteiger partial charge in [-0.1, -0.05) is 54.6 Å². The van der Waals surface area contributed by atoms with E-state index < -0.39 is 11.7 Å². The molecule has 1 aromatic heterocycles. The van der Waals surface area contributed by atoms with E-state index in [1.807, 2.05) is 24.5 Å². The number of carbonyl (C=O) groups excluding carboxylic acids is 1. The van der Waals surface area contributed by atoms with E-state index in [9.17, 15) is 18.0 Å². The van der Waals surface area contributed by atoms with Crippen molar-refractivity contribution in [2.45, 2.75) is 39.3 Å². The van der Waals surface area contributed by atoms with E-state index in [-0.39, 0.29) is 6.42 Å². The topological polar surface area (TPSA) is 39.2 Å². The van der Waals surface area contributed by atoms with E-state index in [0.717, 1.165) is 36.8 Å². The minimum absolute atomic E-state index is 0.283. The van der Waals surface area contributed by atoms with Gasteiger partial charge >= 0.3 is 6.18 Å². The summed E-state index contributed by atoms with van der Waals surface area (Å²) in [6.45, 7) is 7.23. The van der Waals surface area contributed by atoms with Crippen molar-refractivity contribution in [1.29, 1.82) is 0 Å². The highest BCUT2D eigenvalue weighted by Crippen LogP contribution is 2.29. The molecule has 6 heteroatoms. The summed E-state index contributed by atoms with van der Waals surface area (Å²) >= 11 is 0. The van der Waals surface area contributed by atoms with Gasteiger partial charge in [-0.3, -0.25) is 4.98 Å². The molecule has 0 atom stereocenters. The number of hydrogen-bond acceptors (Lipinski definition) is 3. The largest absolute Gasteiger partial charge is 0.470 e. The van der Waals surface area contributed by atoms with Crippen molar-refractivity contribution in [3.63, 3.8) is 0 Å². The van der Waals surface area contributed by atoms with Gasteiger partial charge in [0.25, 0.3) is 0 Å². The number of nitrogens with zero attached hydrogens (tertiary/aromatic N) is 1. The molecule has 0 spiro atoms. The van der Waals surface area contributed by atoms with E-state index >= 15 is 0 Å². The molecule has 3 aromatic rings. The number of allylic oxidation sites excluding steroid dienone is 2. The molecular weight excluding hydrogens is 439 g/mol. The number of ether oxygens (including phenoxy) is 1. The first-order chi connectivity index (χ1) is 16.2. The molecule has 0 aliphatic heterocycles. The molecule has 0 aliphatic carbocycles. The lowest BCUT2D eigenvalue weighted by atomic mass is 10.0. The molecule has 0 fully saturated rings. The summed E-state index contributed by atoms with van der Waals surface area (Å²) in [7, 11) is 0. The molecule has 0 unspecified atom stereocenters. The number of pyridine rings is 1. The number of hydrogen-bond donors (Lipinski definition) is 0. The molecule has 178 valence electrons. The van der Waals surface area contributed by atoms with Crippen LogP contribution in [0.1, 0.15) is 35.1 Å². The second-order valence-corrected chi connectivity index (χ2v) is 7.62. The average Bonchev–Trinajstić information content (AvgIpc) is 2.80. The Morgan fingerprint density at radius 2 is 1.82 bits per heavy atom. The first-order valence-corrected chi connectivity index (χ1v) is 10.8. The van der Waals surface area contributed by atoms with Gasteiger partial charge in [0, 0.05) is 18.0 Å². The smallest absolute Gasteiger partial charge is 0.416 e. The Bertz CT molecular complexity index is 1090. The van der Waals surface area contributed by atoms with Crippen molar-refractivity contribution in [2.24, 2.45) is 0 Å². The van der Waals surface area contributed by atoms with Crippen LogP contribution in [-0.2, 0) is 22.1 Å². The quantitative estimate of drug-likeness (QED) is 0.252. The molecule has 3 nitrogen and oxygen atoms in total. The molecule has 0 saturated carbocycles. The summed E-state index contributed by atoms with van der Waals surface area (Å²) in [6, 6.07) is 15.7. The predicted molar refractivity (Wildman–Crippen MR) is 129 cm³/mol. The summed E-state index contributed by atoms with van der Waals surface area (Å²) in [5, 5.41) is 0. The Labute approximate surface area is 198 Å². The number of aldehydes is 1. The first kappa shape index (κ1) is 26.6. The van der Waals surface area contributed by atoms with Crippen LogP contribution >= 0.6 is 0 Å². The third-order valence-corrected chi connectivity index (χ3v) is 4.97. The van der Waals surface area contributed by atoms with Gasteiger partial charge < -0.3 is 9.53 Å². The highest BCUT2D eigenvalue weighted by molar-refractivity contribution is 5.66. The molecule has 1 heterocycles. The van der Waals surface area contributed by atoms with E-state index in [1.54, 1.807) is 13.0 Å². The number of aryl methyl sites for hydroxylation is 3. The van der Waals surface area contributed by atoms with Gasteiger partial charge in [-0.15, -0.1) is 0 Å². The van der Waals surface area contributed by atoms with E-state index in [2.05, 4.69) is 42.8 Å². The number of alkyl halides is 3. The maximum absolute atomic E-state index is 12.0. The SMILES string of the molecule is C=CO/C(=C\CCc1ccc(-c2cnccc2C)cc1)CC=O.Cc1cccc(C(F)(F)F)c1. The van der Waals surface area contributed by atoms with Crippen molar-refractivity contribution in [2.75, 3.05) is 0 Å². The Hall–Kier alpha value is -3.67. The van der Waals surface area contributed by atoms with Crippen molar-refractivity contribution < 1.29 is 22.7 Å². The van der Waals surface area contributed by atoms with Crippen LogP contribution in [0.15, 0.2) is 91.7 Å². The summed E-state index contributed by atoms with van der Waals surface area (Å²) < 4.78 is 41.1. The molecule has 2 aromatic carbocycles. The van der Waals surface area contributed by atoms with Crippen LogP contribution in [0.25, 0.3) is 11.1 Å². The Morgan fingerprint density at radius 3 is 2.38 bits per heavy atom. The number of rotatable bonds is 8. The van der Waals surface area contributed by atoms with Crippen molar-refractivity contribution >= 4 is 6.29 Å². The fourth-order valence-corrected chi connectivity index (χ4v) is 3.21. The highest BCUT2D eigenvalue weighted by Gasteiger charge is 2.29. The normalized spacial score (nSPS) is 11.3. The molecule has 0 saturated heterocycles. The fourth-order valence-electron chi connectivity index (χ4n) is 3.21. The zero-order valence-electron chi connectivity index (χ0n) is 19.3. The number of carbonyl (C=O) groups is 1. The standard InChI is InChI=1S/C20H21NO2.C8H7F3/c1-3-23-19(12-14-22)6-4-5-17-7-9-18(10-8-17)20-15-21-13-11-16(20)2;1-6-3-2-4-7(5-6)8(9,10)11/h3,6-11,13-15H,1,4-5,12H2,2H3;2-5H,1H3/b19-6-;. The Morgan fingerprint density at radius 1 is 1.09 bits per heavy atom. The van der Waals surface area contributed by atoms with Crippen LogP contribution in [0.3, 0.4) is 0 Å². The van der Waals surface area contributed by atoms with E-state index in [4.69, 9.17) is 4.74 Å². The second-order valence-electron chi connectivity index (χ2n) is 7.62. The van der Waals surface area contributed by atoms with E-state index in [1.165, 1.54) is 29.0 Å². The predicted octanol–water partition coefficient (Wildman–Crippen LogP) is 7.64. The maximum Gasteiger partial charge on any atom is 0.416 e. The van der Waals surface area contributed by atoms with Gasteiger partial charge in [0.2, 0.25) is 0 Å². The summed E-state index contributed by atoms with van der Waals surface area (Å²) in [5.41, 5.74) is 4.84. The summed E-state index contributed by atoms with van der Waals surface area (Å²) in [5.74, 6) is 0.651. The third kappa shape index (κ3) is 8.70. The summed E-state index contributed by atoms with van der Waals surface area (Å²) in [4.78, 5) is 14.8. The lowest BCUT2D eigenvalue weighted by Crippen LogP contribution is -2.04. The van der Waals surface area contributed by atoms with Crippen molar-refractivity contribution in [1.82, 2.24) is 4.98 Å². The molecule has 3 rings (SSSR count). The minimum Gasteiger partial charge on any atom is -0.470 e. The lowest BCUT2D eigenvalue weighted by Gasteiger charge is -2.07. The summed E-state index contributed by atoms with van der Waals surface area (Å²) in [6.07, 6.45) is 5.61. The number of aromatic nitrogens is 1. The molecule has 0 N–H and O–H groups in total. The zero-order chi connectivity index (χ0) is 25.0. The Balaban J connectivity index is 0.000000310. The monoisotopic (exact) mass is 467 g/mol. The number of benzene rings is 2. The van der Waals surface area contributed by atoms with Gasteiger partial charge in [0.05, 0.1) is 18.2 Å². The highest BCUT2D eigenvalue weighted by atomic mass is 19.4. The molecule has 0 bridgehead atoms. The fraction of sp³-hybridized carbons (Fsp3) is 0.214. The first-order valence-electron chi connectivity index (χ1n) is 10.8. The molecule has 0 aliphatic rings. The van der Waals surface area contributed by atoms with Crippen LogP contribution in [0, 0.1) is 13.8 Å². The van der Waals surface area contributed by atoms with E-state index in [0.29, 0.717) is 11.3 Å². The maximum atomic E-state index is 12.0.